The second-order valence-corrected chi connectivity index (χ2v) is 6.31. The van der Waals surface area contributed by atoms with Crippen LogP contribution in [0, 0.1) is 0 Å². The third kappa shape index (κ3) is 2.79. The van der Waals surface area contributed by atoms with Gasteiger partial charge in [0.1, 0.15) is 0 Å². The van der Waals surface area contributed by atoms with Crippen LogP contribution in [0.4, 0.5) is 5.69 Å². The van der Waals surface area contributed by atoms with Gasteiger partial charge in [-0.05, 0) is 24.5 Å². The van der Waals surface area contributed by atoms with Crippen molar-refractivity contribution in [2.75, 3.05) is 12.3 Å². The van der Waals surface area contributed by atoms with E-state index >= 15 is 0 Å². The SMILES string of the molecule is CCN(C1CC1)S(=O)(=O)Cc1ccccc1N. The van der Waals surface area contributed by atoms with Crippen molar-refractivity contribution in [3.05, 3.63) is 29.8 Å². The molecule has 2 N–H and O–H groups in total. The van der Waals surface area contributed by atoms with Crippen LogP contribution in [-0.2, 0) is 15.8 Å². The predicted molar refractivity (Wildman–Crippen MR) is 68.9 cm³/mol. The summed E-state index contributed by atoms with van der Waals surface area (Å²) in [6, 6.07) is 7.35. The van der Waals surface area contributed by atoms with Crippen LogP contribution in [0.1, 0.15) is 25.3 Å². The summed E-state index contributed by atoms with van der Waals surface area (Å²) in [6.07, 6.45) is 1.97. The minimum absolute atomic E-state index is 0.00398. The summed E-state index contributed by atoms with van der Waals surface area (Å²) in [5, 5.41) is 0. The van der Waals surface area contributed by atoms with E-state index in [1.807, 2.05) is 19.1 Å². The van der Waals surface area contributed by atoms with E-state index in [0.29, 0.717) is 17.8 Å². The average molecular weight is 254 g/mol. The predicted octanol–water partition coefficient (Wildman–Crippen LogP) is 1.58. The molecule has 0 bridgehead atoms. The summed E-state index contributed by atoms with van der Waals surface area (Å²) in [7, 11) is -3.23. The molecule has 5 heteroatoms. The van der Waals surface area contributed by atoms with Gasteiger partial charge in [0.15, 0.2) is 0 Å². The summed E-state index contributed by atoms with van der Waals surface area (Å²) in [5.74, 6) is 0.00398. The molecular weight excluding hydrogens is 236 g/mol. The van der Waals surface area contributed by atoms with Crippen LogP contribution in [-0.4, -0.2) is 25.3 Å². The number of para-hydroxylation sites is 1. The van der Waals surface area contributed by atoms with Crippen LogP contribution >= 0.6 is 0 Å². The molecule has 0 aromatic heterocycles. The van der Waals surface area contributed by atoms with Crippen molar-refractivity contribution in [1.82, 2.24) is 4.31 Å². The first-order valence-electron chi connectivity index (χ1n) is 5.87. The van der Waals surface area contributed by atoms with Gasteiger partial charge < -0.3 is 5.73 Å². The number of nitrogens with zero attached hydrogens (tertiary/aromatic N) is 1. The fourth-order valence-corrected chi connectivity index (χ4v) is 3.87. The van der Waals surface area contributed by atoms with Gasteiger partial charge in [0.2, 0.25) is 10.0 Å². The zero-order valence-electron chi connectivity index (χ0n) is 9.96. The van der Waals surface area contributed by atoms with Crippen LogP contribution < -0.4 is 5.73 Å². The largest absolute Gasteiger partial charge is 0.398 e. The minimum atomic E-state index is -3.23. The summed E-state index contributed by atoms with van der Waals surface area (Å²) in [4.78, 5) is 0. The molecule has 2 rings (SSSR count). The molecule has 1 aliphatic carbocycles. The highest BCUT2D eigenvalue weighted by atomic mass is 32.2. The van der Waals surface area contributed by atoms with Crippen molar-refractivity contribution in [1.29, 1.82) is 0 Å². The first-order chi connectivity index (χ1) is 8.04. The molecule has 4 nitrogen and oxygen atoms in total. The van der Waals surface area contributed by atoms with Crippen LogP contribution in [0.5, 0.6) is 0 Å². The minimum Gasteiger partial charge on any atom is -0.398 e. The summed E-state index contributed by atoms with van der Waals surface area (Å²) < 4.78 is 26.1. The van der Waals surface area contributed by atoms with E-state index in [-0.39, 0.29) is 11.8 Å². The van der Waals surface area contributed by atoms with E-state index in [2.05, 4.69) is 0 Å². The lowest BCUT2D eigenvalue weighted by Gasteiger charge is -2.20. The lowest BCUT2D eigenvalue weighted by atomic mass is 10.2. The molecule has 1 saturated carbocycles. The zero-order valence-corrected chi connectivity index (χ0v) is 10.8. The number of rotatable bonds is 5. The number of anilines is 1. The molecule has 1 aromatic carbocycles. The van der Waals surface area contributed by atoms with Gasteiger partial charge in [0, 0.05) is 18.3 Å². The normalized spacial score (nSPS) is 16.4. The number of hydrogen-bond acceptors (Lipinski definition) is 3. The lowest BCUT2D eigenvalue weighted by molar-refractivity contribution is 0.420. The van der Waals surface area contributed by atoms with Crippen molar-refractivity contribution in [2.45, 2.75) is 31.6 Å². The highest BCUT2D eigenvalue weighted by molar-refractivity contribution is 7.88. The molecule has 1 fully saturated rings. The highest BCUT2D eigenvalue weighted by Gasteiger charge is 2.35. The van der Waals surface area contributed by atoms with Crippen molar-refractivity contribution in [3.63, 3.8) is 0 Å². The van der Waals surface area contributed by atoms with E-state index < -0.39 is 10.0 Å². The number of hydrogen-bond donors (Lipinski definition) is 1. The smallest absolute Gasteiger partial charge is 0.218 e. The van der Waals surface area contributed by atoms with Crippen molar-refractivity contribution in [3.8, 4) is 0 Å². The standard InChI is InChI=1S/C12H18N2O2S/c1-2-14(11-7-8-11)17(15,16)9-10-5-3-4-6-12(10)13/h3-6,11H,2,7-9,13H2,1H3. The number of nitrogens with two attached hydrogens (primary N) is 1. The van der Waals surface area contributed by atoms with E-state index in [9.17, 15) is 8.42 Å². The molecule has 0 saturated heterocycles. The molecule has 0 radical (unpaired) electrons. The number of benzene rings is 1. The van der Waals surface area contributed by atoms with Gasteiger partial charge in [-0.1, -0.05) is 25.1 Å². The van der Waals surface area contributed by atoms with Gasteiger partial charge >= 0.3 is 0 Å². The summed E-state index contributed by atoms with van der Waals surface area (Å²) >= 11 is 0. The van der Waals surface area contributed by atoms with Crippen LogP contribution in [0.25, 0.3) is 0 Å². The molecule has 94 valence electrons. The topological polar surface area (TPSA) is 63.4 Å². The maximum absolute atomic E-state index is 12.2. The Labute approximate surface area is 102 Å². The lowest BCUT2D eigenvalue weighted by Crippen LogP contribution is -2.34. The van der Waals surface area contributed by atoms with Gasteiger partial charge in [-0.15, -0.1) is 0 Å². The van der Waals surface area contributed by atoms with Gasteiger partial charge in [-0.25, -0.2) is 8.42 Å². The number of sulfonamides is 1. The first kappa shape index (κ1) is 12.4. The zero-order chi connectivity index (χ0) is 12.5. The van der Waals surface area contributed by atoms with Gasteiger partial charge in [-0.3, -0.25) is 0 Å². The fourth-order valence-electron chi connectivity index (χ4n) is 1.99. The van der Waals surface area contributed by atoms with E-state index in [1.165, 1.54) is 0 Å². The van der Waals surface area contributed by atoms with E-state index in [1.54, 1.807) is 16.4 Å². The molecule has 0 amide bonds. The van der Waals surface area contributed by atoms with E-state index in [4.69, 9.17) is 5.73 Å². The van der Waals surface area contributed by atoms with Crippen LogP contribution in [0.2, 0.25) is 0 Å². The Hall–Kier alpha value is -1.07. The Morgan fingerprint density at radius 3 is 2.53 bits per heavy atom. The molecular formula is C12H18N2O2S. The third-order valence-electron chi connectivity index (χ3n) is 3.02. The van der Waals surface area contributed by atoms with Crippen molar-refractivity contribution >= 4 is 15.7 Å². The molecule has 0 unspecified atom stereocenters. The molecule has 0 aliphatic heterocycles. The summed E-state index contributed by atoms with van der Waals surface area (Å²) in [5.41, 5.74) is 7.01. The highest BCUT2D eigenvalue weighted by Crippen LogP contribution is 2.30. The van der Waals surface area contributed by atoms with Crippen LogP contribution in [0.15, 0.2) is 24.3 Å². The van der Waals surface area contributed by atoms with Crippen molar-refractivity contribution in [2.24, 2.45) is 0 Å². The van der Waals surface area contributed by atoms with E-state index in [0.717, 1.165) is 12.8 Å². The van der Waals surface area contributed by atoms with Crippen molar-refractivity contribution < 1.29 is 8.42 Å². The maximum Gasteiger partial charge on any atom is 0.218 e. The fraction of sp³-hybridized carbons (Fsp3) is 0.500. The first-order valence-corrected chi connectivity index (χ1v) is 7.48. The van der Waals surface area contributed by atoms with Gasteiger partial charge in [0.25, 0.3) is 0 Å². The number of nitrogen functional groups attached to an aromatic ring is 1. The maximum atomic E-state index is 12.2. The second kappa shape index (κ2) is 4.66. The average Bonchev–Trinajstić information content (AvgIpc) is 3.06. The second-order valence-electron chi connectivity index (χ2n) is 4.39. The third-order valence-corrected chi connectivity index (χ3v) is 4.96. The molecule has 1 aromatic rings. The molecule has 1 aliphatic rings. The molecule has 0 spiro atoms. The Morgan fingerprint density at radius 1 is 1.35 bits per heavy atom. The Bertz CT molecular complexity index is 495. The van der Waals surface area contributed by atoms with Gasteiger partial charge in [0.05, 0.1) is 5.75 Å². The Balaban J connectivity index is 2.19. The molecule has 0 heterocycles. The van der Waals surface area contributed by atoms with Gasteiger partial charge in [-0.2, -0.15) is 4.31 Å². The molecule has 0 atom stereocenters. The Kier molecular flexibility index (Phi) is 3.40. The Morgan fingerprint density at radius 2 is 2.00 bits per heavy atom. The quantitative estimate of drug-likeness (QED) is 0.811. The molecule has 17 heavy (non-hydrogen) atoms. The van der Waals surface area contributed by atoms with Crippen LogP contribution in [0.3, 0.4) is 0 Å². The summed E-state index contributed by atoms with van der Waals surface area (Å²) in [6.45, 7) is 2.42. The monoisotopic (exact) mass is 254 g/mol.